The Kier molecular flexibility index (Phi) is 3.76. The molecule has 70 valence electrons. The van der Waals surface area contributed by atoms with Crippen LogP contribution in [-0.4, -0.2) is 21.8 Å². The molecule has 0 spiro atoms. The molecular formula is C9H11NO2S. The van der Waals surface area contributed by atoms with Crippen LogP contribution in [0.3, 0.4) is 0 Å². The van der Waals surface area contributed by atoms with Crippen molar-refractivity contribution in [3.63, 3.8) is 0 Å². The van der Waals surface area contributed by atoms with Crippen molar-refractivity contribution in [2.75, 3.05) is 5.75 Å². The Bertz CT molecular complexity index is 301. The monoisotopic (exact) mass is 197 g/mol. The number of carboxylic acids is 1. The molecule has 0 aliphatic rings. The largest absolute Gasteiger partial charge is 0.481 e. The minimum absolute atomic E-state index is 0.181. The maximum Gasteiger partial charge on any atom is 0.304 e. The van der Waals surface area contributed by atoms with Crippen LogP contribution in [0.25, 0.3) is 0 Å². The third kappa shape index (κ3) is 3.94. The van der Waals surface area contributed by atoms with E-state index >= 15 is 0 Å². The maximum atomic E-state index is 10.2. The standard InChI is InChI=1S/C9H11NO2S/c1-7-3-2-4-8(10-7)13-6-5-9(11)12/h2-4H,5-6H2,1H3,(H,11,12). The van der Waals surface area contributed by atoms with Gasteiger partial charge in [-0.05, 0) is 19.1 Å². The summed E-state index contributed by atoms with van der Waals surface area (Å²) in [6.45, 7) is 1.92. The maximum absolute atomic E-state index is 10.2. The Balaban J connectivity index is 2.41. The molecule has 4 heteroatoms. The molecule has 0 saturated carbocycles. The second-order valence-electron chi connectivity index (χ2n) is 2.61. The molecule has 0 saturated heterocycles. The van der Waals surface area contributed by atoms with E-state index in [9.17, 15) is 4.79 Å². The van der Waals surface area contributed by atoms with E-state index in [1.165, 1.54) is 11.8 Å². The van der Waals surface area contributed by atoms with Crippen molar-refractivity contribution in [2.45, 2.75) is 18.4 Å². The van der Waals surface area contributed by atoms with Gasteiger partial charge in [-0.1, -0.05) is 6.07 Å². The van der Waals surface area contributed by atoms with Crippen molar-refractivity contribution in [1.82, 2.24) is 4.98 Å². The number of hydrogen-bond acceptors (Lipinski definition) is 3. The van der Waals surface area contributed by atoms with Gasteiger partial charge in [0.25, 0.3) is 0 Å². The van der Waals surface area contributed by atoms with Gasteiger partial charge in [-0.3, -0.25) is 4.79 Å². The molecule has 0 unspecified atom stereocenters. The lowest BCUT2D eigenvalue weighted by Gasteiger charge is -1.99. The van der Waals surface area contributed by atoms with Gasteiger partial charge in [0.2, 0.25) is 0 Å². The molecule has 1 aromatic rings. The highest BCUT2D eigenvalue weighted by Gasteiger charge is 1.99. The van der Waals surface area contributed by atoms with Crippen molar-refractivity contribution < 1.29 is 9.90 Å². The van der Waals surface area contributed by atoms with Crippen LogP contribution in [-0.2, 0) is 4.79 Å². The fraction of sp³-hybridized carbons (Fsp3) is 0.333. The number of aryl methyl sites for hydroxylation is 1. The molecule has 0 aliphatic carbocycles. The summed E-state index contributed by atoms with van der Waals surface area (Å²) < 4.78 is 0. The lowest BCUT2D eigenvalue weighted by atomic mass is 10.4. The first-order valence-corrected chi connectivity index (χ1v) is 4.95. The van der Waals surface area contributed by atoms with Gasteiger partial charge in [0.15, 0.2) is 0 Å². The Morgan fingerprint density at radius 1 is 1.62 bits per heavy atom. The average Bonchev–Trinajstić information content (AvgIpc) is 2.03. The summed E-state index contributed by atoms with van der Waals surface area (Å²) in [4.78, 5) is 14.5. The number of aromatic nitrogens is 1. The number of rotatable bonds is 4. The van der Waals surface area contributed by atoms with Crippen LogP contribution in [0.1, 0.15) is 12.1 Å². The normalized spacial score (nSPS) is 9.92. The molecule has 1 N–H and O–H groups in total. The van der Waals surface area contributed by atoms with Crippen molar-refractivity contribution in [3.8, 4) is 0 Å². The third-order valence-electron chi connectivity index (χ3n) is 1.43. The third-order valence-corrected chi connectivity index (χ3v) is 2.36. The van der Waals surface area contributed by atoms with Gasteiger partial charge in [-0.2, -0.15) is 0 Å². The zero-order valence-electron chi connectivity index (χ0n) is 7.36. The first-order valence-electron chi connectivity index (χ1n) is 3.97. The molecule has 1 rings (SSSR count). The minimum atomic E-state index is -0.764. The summed E-state index contributed by atoms with van der Waals surface area (Å²) in [6, 6.07) is 5.73. The fourth-order valence-corrected chi connectivity index (χ4v) is 1.71. The van der Waals surface area contributed by atoms with Gasteiger partial charge >= 0.3 is 5.97 Å². The van der Waals surface area contributed by atoms with Crippen LogP contribution < -0.4 is 0 Å². The summed E-state index contributed by atoms with van der Waals surface area (Å²) in [6.07, 6.45) is 0.181. The number of hydrogen-bond donors (Lipinski definition) is 1. The quantitative estimate of drug-likeness (QED) is 0.749. The summed E-state index contributed by atoms with van der Waals surface area (Å²) in [5.41, 5.74) is 0.959. The first-order chi connectivity index (χ1) is 6.18. The predicted octanol–water partition coefficient (Wildman–Crippen LogP) is 1.96. The highest BCUT2D eigenvalue weighted by atomic mass is 32.2. The summed E-state index contributed by atoms with van der Waals surface area (Å²) in [5, 5.41) is 9.30. The van der Waals surface area contributed by atoms with Crippen molar-refractivity contribution in [1.29, 1.82) is 0 Å². The SMILES string of the molecule is Cc1cccc(SCCC(=O)O)n1. The predicted molar refractivity (Wildman–Crippen MR) is 52.0 cm³/mol. The number of carboxylic acid groups (broad SMARTS) is 1. The van der Waals surface area contributed by atoms with Gasteiger partial charge in [0.1, 0.15) is 0 Å². The highest BCUT2D eigenvalue weighted by molar-refractivity contribution is 7.99. The van der Waals surface area contributed by atoms with Gasteiger partial charge in [-0.15, -0.1) is 11.8 Å². The molecule has 3 nitrogen and oxygen atoms in total. The van der Waals surface area contributed by atoms with Crippen molar-refractivity contribution in [2.24, 2.45) is 0 Å². The number of pyridine rings is 1. The average molecular weight is 197 g/mol. The summed E-state index contributed by atoms with van der Waals surface area (Å²) >= 11 is 1.47. The number of thioether (sulfide) groups is 1. The van der Waals surface area contributed by atoms with Crippen LogP contribution >= 0.6 is 11.8 Å². The Labute approximate surface area is 81.2 Å². The topological polar surface area (TPSA) is 50.2 Å². The molecule has 0 radical (unpaired) electrons. The van der Waals surface area contributed by atoms with Crippen molar-refractivity contribution in [3.05, 3.63) is 23.9 Å². The van der Waals surface area contributed by atoms with E-state index in [2.05, 4.69) is 4.98 Å². The van der Waals surface area contributed by atoms with Crippen LogP contribution in [0.2, 0.25) is 0 Å². The number of aliphatic carboxylic acids is 1. The Hall–Kier alpha value is -1.03. The van der Waals surface area contributed by atoms with E-state index in [-0.39, 0.29) is 6.42 Å². The van der Waals surface area contributed by atoms with Crippen LogP contribution in [0.4, 0.5) is 0 Å². The molecule has 0 aliphatic heterocycles. The molecule has 0 atom stereocenters. The van der Waals surface area contributed by atoms with Gasteiger partial charge in [-0.25, -0.2) is 4.98 Å². The van der Waals surface area contributed by atoms with E-state index in [0.717, 1.165) is 10.7 Å². The van der Waals surface area contributed by atoms with E-state index < -0.39 is 5.97 Å². The number of carbonyl (C=O) groups is 1. The molecule has 0 fully saturated rings. The molecular weight excluding hydrogens is 186 g/mol. The van der Waals surface area contributed by atoms with Gasteiger partial charge in [0, 0.05) is 11.4 Å². The molecule has 13 heavy (non-hydrogen) atoms. The molecule has 0 aromatic carbocycles. The molecule has 1 aromatic heterocycles. The van der Waals surface area contributed by atoms with E-state index in [1.807, 2.05) is 25.1 Å². The van der Waals surface area contributed by atoms with Crippen LogP contribution in [0.5, 0.6) is 0 Å². The van der Waals surface area contributed by atoms with E-state index in [4.69, 9.17) is 5.11 Å². The lowest BCUT2D eigenvalue weighted by Crippen LogP contribution is -1.96. The smallest absolute Gasteiger partial charge is 0.304 e. The van der Waals surface area contributed by atoms with Crippen molar-refractivity contribution >= 4 is 17.7 Å². The Morgan fingerprint density at radius 3 is 3.00 bits per heavy atom. The van der Waals surface area contributed by atoms with E-state index in [1.54, 1.807) is 0 Å². The van der Waals surface area contributed by atoms with E-state index in [0.29, 0.717) is 5.75 Å². The summed E-state index contributed by atoms with van der Waals surface area (Å²) in [5.74, 6) is -0.189. The Morgan fingerprint density at radius 2 is 2.38 bits per heavy atom. The molecule has 1 heterocycles. The fourth-order valence-electron chi connectivity index (χ4n) is 0.841. The molecule has 0 bridgehead atoms. The first kappa shape index (κ1) is 10.1. The van der Waals surface area contributed by atoms with Gasteiger partial charge in [0.05, 0.1) is 11.4 Å². The second kappa shape index (κ2) is 4.87. The zero-order chi connectivity index (χ0) is 9.68. The number of nitrogens with zero attached hydrogens (tertiary/aromatic N) is 1. The summed E-state index contributed by atoms with van der Waals surface area (Å²) in [7, 11) is 0. The second-order valence-corrected chi connectivity index (χ2v) is 3.72. The van der Waals surface area contributed by atoms with Crippen LogP contribution in [0, 0.1) is 6.92 Å². The van der Waals surface area contributed by atoms with Crippen LogP contribution in [0.15, 0.2) is 23.2 Å². The lowest BCUT2D eigenvalue weighted by molar-refractivity contribution is -0.136. The zero-order valence-corrected chi connectivity index (χ0v) is 8.17. The minimum Gasteiger partial charge on any atom is -0.481 e. The van der Waals surface area contributed by atoms with Gasteiger partial charge < -0.3 is 5.11 Å². The molecule has 0 amide bonds. The highest BCUT2D eigenvalue weighted by Crippen LogP contribution is 2.15.